The van der Waals surface area contributed by atoms with Crippen molar-refractivity contribution in [3.05, 3.63) is 18.2 Å². The zero-order valence-corrected chi connectivity index (χ0v) is 13.9. The molecule has 21 heavy (non-hydrogen) atoms. The van der Waals surface area contributed by atoms with E-state index < -0.39 is 10.0 Å². The predicted molar refractivity (Wildman–Crippen MR) is 85.0 cm³/mol. The van der Waals surface area contributed by atoms with Gasteiger partial charge in [0.15, 0.2) is 0 Å². The monoisotopic (exact) mass is 315 g/mol. The van der Waals surface area contributed by atoms with E-state index in [9.17, 15) is 8.42 Å². The van der Waals surface area contributed by atoms with Gasteiger partial charge in [0, 0.05) is 18.3 Å². The van der Waals surface area contributed by atoms with Gasteiger partial charge in [-0.1, -0.05) is 13.8 Å². The van der Waals surface area contributed by atoms with Gasteiger partial charge in [-0.05, 0) is 38.2 Å². The lowest BCUT2D eigenvalue weighted by Gasteiger charge is -2.23. The van der Waals surface area contributed by atoms with Crippen LogP contribution in [0.5, 0.6) is 5.75 Å². The van der Waals surface area contributed by atoms with E-state index in [-0.39, 0.29) is 16.7 Å². The zero-order chi connectivity index (χ0) is 16.0. The molecule has 6 nitrogen and oxygen atoms in total. The number of ether oxygens (including phenoxy) is 1. The number of hydrogen-bond acceptors (Lipinski definition) is 5. The van der Waals surface area contributed by atoms with Gasteiger partial charge in [0.2, 0.25) is 10.0 Å². The van der Waals surface area contributed by atoms with Crippen LogP contribution in [0.25, 0.3) is 0 Å². The van der Waals surface area contributed by atoms with Crippen LogP contribution in [0.2, 0.25) is 0 Å². The molecule has 0 amide bonds. The fourth-order valence-corrected chi connectivity index (χ4v) is 3.58. The van der Waals surface area contributed by atoms with Gasteiger partial charge in [-0.3, -0.25) is 0 Å². The second-order valence-electron chi connectivity index (χ2n) is 4.92. The molecule has 0 aliphatic heterocycles. The van der Waals surface area contributed by atoms with Gasteiger partial charge in [0.1, 0.15) is 10.6 Å². The highest BCUT2D eigenvalue weighted by molar-refractivity contribution is 7.89. The third-order valence-corrected chi connectivity index (χ3v) is 4.87. The lowest BCUT2D eigenvalue weighted by molar-refractivity contribution is 0.282. The third kappa shape index (κ3) is 4.87. The lowest BCUT2D eigenvalue weighted by atomic mass is 10.3. The van der Waals surface area contributed by atoms with E-state index in [1.165, 1.54) is 13.2 Å². The first kappa shape index (κ1) is 17.7. The summed E-state index contributed by atoms with van der Waals surface area (Å²) in [7, 11) is -2.23. The molecule has 0 aliphatic carbocycles. The van der Waals surface area contributed by atoms with Crippen LogP contribution in [0.3, 0.4) is 0 Å². The zero-order valence-electron chi connectivity index (χ0n) is 13.1. The average Bonchev–Trinajstić information content (AvgIpc) is 2.44. The van der Waals surface area contributed by atoms with Gasteiger partial charge in [0.25, 0.3) is 0 Å². The highest BCUT2D eigenvalue weighted by Gasteiger charge is 2.22. The van der Waals surface area contributed by atoms with E-state index in [0.29, 0.717) is 12.2 Å². The first-order valence-electron chi connectivity index (χ1n) is 7.02. The van der Waals surface area contributed by atoms with Gasteiger partial charge in [-0.25, -0.2) is 13.1 Å². The van der Waals surface area contributed by atoms with Gasteiger partial charge in [-0.2, -0.15) is 0 Å². The molecule has 120 valence electrons. The summed E-state index contributed by atoms with van der Waals surface area (Å²) in [6.45, 7) is 8.34. The smallest absolute Gasteiger partial charge is 0.244 e. The number of nitrogens with zero attached hydrogens (tertiary/aromatic N) is 1. The van der Waals surface area contributed by atoms with E-state index >= 15 is 0 Å². The minimum Gasteiger partial charge on any atom is -0.495 e. The number of sulfonamides is 1. The Hall–Kier alpha value is -1.31. The first-order valence-corrected chi connectivity index (χ1v) is 8.50. The maximum atomic E-state index is 12.5. The molecule has 0 saturated heterocycles. The predicted octanol–water partition coefficient (Wildman–Crippen LogP) is 1.29. The molecule has 1 rings (SSSR count). The minimum atomic E-state index is -3.67. The minimum absolute atomic E-state index is 0.0661. The number of nitrogens with two attached hydrogens (primary N) is 1. The molecular weight excluding hydrogens is 290 g/mol. The van der Waals surface area contributed by atoms with Crippen molar-refractivity contribution in [1.82, 2.24) is 9.62 Å². The molecule has 0 spiro atoms. The topological polar surface area (TPSA) is 84.7 Å². The summed E-state index contributed by atoms with van der Waals surface area (Å²) in [5, 5.41) is 0. The Bertz CT molecular complexity index is 557. The maximum absolute atomic E-state index is 12.5. The quantitative estimate of drug-likeness (QED) is 0.706. The van der Waals surface area contributed by atoms with Crippen LogP contribution < -0.4 is 15.2 Å². The third-order valence-electron chi connectivity index (χ3n) is 3.26. The summed E-state index contributed by atoms with van der Waals surface area (Å²) < 4.78 is 32.7. The molecule has 0 radical (unpaired) electrons. The molecule has 1 unspecified atom stereocenters. The number of likely N-dealkylation sites (N-methyl/N-ethyl adjacent to an activating group) is 1. The number of methoxy groups -OCH3 is 1. The molecule has 0 bridgehead atoms. The van der Waals surface area contributed by atoms with Crippen molar-refractivity contribution in [2.24, 2.45) is 0 Å². The van der Waals surface area contributed by atoms with Crippen LogP contribution in [0, 0.1) is 0 Å². The highest BCUT2D eigenvalue weighted by atomic mass is 32.2. The molecule has 1 aromatic carbocycles. The Labute approximate surface area is 127 Å². The summed E-state index contributed by atoms with van der Waals surface area (Å²) in [4.78, 5) is 2.22. The Morgan fingerprint density at radius 1 is 1.33 bits per heavy atom. The number of nitrogen functional groups attached to an aromatic ring is 1. The van der Waals surface area contributed by atoms with Crippen molar-refractivity contribution in [1.29, 1.82) is 0 Å². The summed E-state index contributed by atoms with van der Waals surface area (Å²) in [5.74, 6) is 0.284. The summed E-state index contributed by atoms with van der Waals surface area (Å²) in [6, 6.07) is 4.36. The van der Waals surface area contributed by atoms with Crippen LogP contribution >= 0.6 is 0 Å². The van der Waals surface area contributed by atoms with E-state index in [0.717, 1.165) is 13.1 Å². The van der Waals surface area contributed by atoms with E-state index in [2.05, 4.69) is 9.62 Å². The maximum Gasteiger partial charge on any atom is 0.244 e. The Kier molecular flexibility index (Phi) is 6.44. The SMILES string of the molecule is CCN(CC)CC(C)NS(=O)(=O)c1cc(N)ccc1OC. The molecular formula is C14H25N3O3S. The molecule has 1 atom stereocenters. The molecule has 3 N–H and O–H groups in total. The van der Waals surface area contributed by atoms with Gasteiger partial charge in [-0.15, -0.1) is 0 Å². The largest absolute Gasteiger partial charge is 0.495 e. The molecule has 7 heteroatoms. The standard InChI is InChI=1S/C14H25N3O3S/c1-5-17(6-2)10-11(3)16-21(18,19)14-9-12(15)7-8-13(14)20-4/h7-9,11,16H,5-6,10,15H2,1-4H3. The molecule has 0 saturated carbocycles. The Morgan fingerprint density at radius 3 is 2.48 bits per heavy atom. The summed E-state index contributed by atoms with van der Waals surface area (Å²) in [5.41, 5.74) is 6.06. The average molecular weight is 315 g/mol. The molecule has 0 aliphatic rings. The van der Waals surface area contributed by atoms with Crippen LogP contribution in [-0.4, -0.2) is 46.1 Å². The van der Waals surface area contributed by atoms with E-state index in [1.54, 1.807) is 12.1 Å². The first-order chi connectivity index (χ1) is 9.83. The van der Waals surface area contributed by atoms with Crippen LogP contribution in [-0.2, 0) is 10.0 Å². The van der Waals surface area contributed by atoms with Crippen molar-refractivity contribution < 1.29 is 13.2 Å². The normalized spacial score (nSPS) is 13.4. The second kappa shape index (κ2) is 7.63. The number of nitrogens with one attached hydrogen (secondary N) is 1. The lowest BCUT2D eigenvalue weighted by Crippen LogP contribution is -2.41. The number of hydrogen-bond donors (Lipinski definition) is 2. The molecule has 1 aromatic rings. The van der Waals surface area contributed by atoms with Crippen molar-refractivity contribution in [3.63, 3.8) is 0 Å². The van der Waals surface area contributed by atoms with Crippen LogP contribution in [0.1, 0.15) is 20.8 Å². The Balaban J connectivity index is 2.94. The Morgan fingerprint density at radius 2 is 1.95 bits per heavy atom. The van der Waals surface area contributed by atoms with Crippen molar-refractivity contribution in [2.45, 2.75) is 31.7 Å². The van der Waals surface area contributed by atoms with Crippen LogP contribution in [0.15, 0.2) is 23.1 Å². The van der Waals surface area contributed by atoms with Crippen molar-refractivity contribution in [3.8, 4) is 5.75 Å². The molecule has 0 heterocycles. The summed E-state index contributed by atoms with van der Waals surface area (Å²) >= 11 is 0. The van der Waals surface area contributed by atoms with Crippen molar-refractivity contribution in [2.75, 3.05) is 32.5 Å². The van der Waals surface area contributed by atoms with Gasteiger partial charge < -0.3 is 15.4 Å². The van der Waals surface area contributed by atoms with E-state index in [1.807, 2.05) is 20.8 Å². The summed E-state index contributed by atoms with van der Waals surface area (Å²) in [6.07, 6.45) is 0. The fraction of sp³-hybridized carbons (Fsp3) is 0.571. The second-order valence-corrected chi connectivity index (χ2v) is 6.60. The highest BCUT2D eigenvalue weighted by Crippen LogP contribution is 2.25. The number of anilines is 1. The molecule has 0 fully saturated rings. The van der Waals surface area contributed by atoms with Crippen molar-refractivity contribution >= 4 is 15.7 Å². The number of rotatable bonds is 8. The van der Waals surface area contributed by atoms with Gasteiger partial charge in [0.05, 0.1) is 7.11 Å². The van der Waals surface area contributed by atoms with Gasteiger partial charge >= 0.3 is 0 Å². The van der Waals surface area contributed by atoms with Crippen LogP contribution in [0.4, 0.5) is 5.69 Å². The van der Waals surface area contributed by atoms with E-state index in [4.69, 9.17) is 10.5 Å². The fourth-order valence-electron chi connectivity index (χ4n) is 2.14. The number of benzene rings is 1. The molecule has 0 aromatic heterocycles.